The first-order chi connectivity index (χ1) is 19.4. The number of hydrogen-bond donors (Lipinski definition) is 1. The minimum atomic E-state index is -0.126. The summed E-state index contributed by atoms with van der Waals surface area (Å²) in [7, 11) is 3.38. The number of thioether (sulfide) groups is 1. The second-order valence-corrected chi connectivity index (χ2v) is 9.64. The molecule has 0 aliphatic carbocycles. The van der Waals surface area contributed by atoms with Gasteiger partial charge >= 0.3 is 0 Å². The number of aryl methyl sites for hydroxylation is 2. The van der Waals surface area contributed by atoms with E-state index in [1.165, 1.54) is 16.7 Å². The molecule has 0 saturated carbocycles. The van der Waals surface area contributed by atoms with Gasteiger partial charge in [-0.05, 0) is 55.5 Å². The van der Waals surface area contributed by atoms with Crippen molar-refractivity contribution in [1.82, 2.24) is 39.2 Å². The van der Waals surface area contributed by atoms with Crippen LogP contribution in [0, 0.1) is 6.92 Å². The summed E-state index contributed by atoms with van der Waals surface area (Å²) in [6, 6.07) is 13.2. The number of hydrogen-bond acceptors (Lipinski definition) is 9. The first kappa shape index (κ1) is 28.3. The van der Waals surface area contributed by atoms with Crippen LogP contribution in [0.3, 0.4) is 0 Å². The predicted molar refractivity (Wildman–Crippen MR) is 155 cm³/mol. The average Bonchev–Trinajstić information content (AvgIpc) is 3.36. The lowest BCUT2D eigenvalue weighted by Crippen LogP contribution is -2.13. The molecule has 11 nitrogen and oxygen atoms in total. The van der Waals surface area contributed by atoms with Crippen LogP contribution in [0.1, 0.15) is 17.7 Å². The van der Waals surface area contributed by atoms with Gasteiger partial charge in [-0.25, -0.2) is 15.0 Å². The fourth-order valence-corrected chi connectivity index (χ4v) is 4.04. The minimum absolute atomic E-state index is 0.126. The molecule has 1 N–H and O–H groups in total. The second-order valence-electron chi connectivity index (χ2n) is 8.86. The summed E-state index contributed by atoms with van der Waals surface area (Å²) in [5.41, 5.74) is 4.74. The Kier molecular flexibility index (Phi) is 9.47. The lowest BCUT2D eigenvalue weighted by Gasteiger charge is -2.07. The summed E-state index contributed by atoms with van der Waals surface area (Å²) in [4.78, 5) is 50.5. The molecule has 2 amide bonds. The molecule has 0 radical (unpaired) electrons. The second kappa shape index (κ2) is 13.4. The van der Waals surface area contributed by atoms with E-state index in [1.54, 1.807) is 38.8 Å². The molecule has 5 aromatic heterocycles. The molecule has 12 heteroatoms. The van der Waals surface area contributed by atoms with Crippen molar-refractivity contribution in [1.29, 1.82) is 0 Å². The minimum Gasteiger partial charge on any atom is -0.351 e. The van der Waals surface area contributed by atoms with Gasteiger partial charge in [-0.2, -0.15) is 4.98 Å². The Hall–Kier alpha value is -4.71. The van der Waals surface area contributed by atoms with Crippen molar-refractivity contribution in [3.05, 3.63) is 78.5 Å². The number of pyridine rings is 2. The lowest BCUT2D eigenvalue weighted by atomic mass is 10.1. The zero-order valence-corrected chi connectivity index (χ0v) is 23.5. The molecule has 5 aromatic rings. The number of anilines is 1. The molecule has 0 spiro atoms. The molecule has 0 aliphatic rings. The van der Waals surface area contributed by atoms with Gasteiger partial charge in [0.2, 0.25) is 18.1 Å². The quantitative estimate of drug-likeness (QED) is 0.172. The molecule has 0 atom stereocenters. The third-order valence-electron chi connectivity index (χ3n) is 5.53. The molecule has 0 aromatic carbocycles. The van der Waals surface area contributed by atoms with Crippen molar-refractivity contribution >= 4 is 35.7 Å². The van der Waals surface area contributed by atoms with Crippen LogP contribution in [0.5, 0.6) is 0 Å². The summed E-state index contributed by atoms with van der Waals surface area (Å²) in [5.74, 6) is 0.743. The average molecular weight is 556 g/mol. The van der Waals surface area contributed by atoms with Crippen LogP contribution in [0.25, 0.3) is 28.6 Å². The smallest absolute Gasteiger partial charge is 0.236 e. The van der Waals surface area contributed by atoms with Crippen molar-refractivity contribution in [2.75, 3.05) is 25.7 Å². The number of carbonyl (C=O) groups is 2. The third-order valence-corrected chi connectivity index (χ3v) is 6.09. The Morgan fingerprint density at radius 3 is 2.55 bits per heavy atom. The molecule has 0 bridgehead atoms. The maximum Gasteiger partial charge on any atom is 0.236 e. The topological polar surface area (TPSA) is 131 Å². The van der Waals surface area contributed by atoms with E-state index in [4.69, 9.17) is 4.98 Å². The summed E-state index contributed by atoms with van der Waals surface area (Å²) in [6.07, 6.45) is 10.7. The van der Waals surface area contributed by atoms with Crippen molar-refractivity contribution < 1.29 is 9.59 Å². The van der Waals surface area contributed by atoms with Crippen LogP contribution >= 0.6 is 11.8 Å². The Morgan fingerprint density at radius 1 is 1.02 bits per heavy atom. The van der Waals surface area contributed by atoms with Gasteiger partial charge in [0.25, 0.3) is 0 Å². The van der Waals surface area contributed by atoms with E-state index in [1.807, 2.05) is 60.2 Å². The monoisotopic (exact) mass is 555 g/mol. The van der Waals surface area contributed by atoms with E-state index in [0.717, 1.165) is 29.1 Å². The van der Waals surface area contributed by atoms with Crippen molar-refractivity contribution in [3.8, 4) is 22.8 Å². The number of amides is 2. The van der Waals surface area contributed by atoms with Crippen LogP contribution in [-0.2, 0) is 16.0 Å². The van der Waals surface area contributed by atoms with Gasteiger partial charge < -0.3 is 10.2 Å². The van der Waals surface area contributed by atoms with E-state index in [0.29, 0.717) is 41.0 Å². The van der Waals surface area contributed by atoms with Crippen LogP contribution in [-0.4, -0.2) is 71.9 Å². The van der Waals surface area contributed by atoms with E-state index in [2.05, 4.69) is 30.2 Å². The van der Waals surface area contributed by atoms with Gasteiger partial charge in [0.1, 0.15) is 17.2 Å². The molecule has 204 valence electrons. The first-order valence-electron chi connectivity index (χ1n) is 12.4. The number of rotatable bonds is 8. The fraction of sp³-hybridized carbons (Fsp3) is 0.214. The van der Waals surface area contributed by atoms with Crippen molar-refractivity contribution in [2.24, 2.45) is 0 Å². The summed E-state index contributed by atoms with van der Waals surface area (Å²) in [6.45, 7) is 1.94. The third kappa shape index (κ3) is 7.23. The first-order valence-corrected chi connectivity index (χ1v) is 13.6. The summed E-state index contributed by atoms with van der Waals surface area (Å²) >= 11 is 1.47. The highest BCUT2D eigenvalue weighted by molar-refractivity contribution is 7.98. The Morgan fingerprint density at radius 2 is 1.85 bits per heavy atom. The summed E-state index contributed by atoms with van der Waals surface area (Å²) < 4.78 is 1.86. The standard InChI is InChI=1S/C25H22N8OS.C3H7NO/c1-16-5-3-7-18(28-16)22-23(19-10-13-27-25(29-19)35-2)33-14-11-20(31-24(33)32-22)30-21(34)9-8-17-6-4-12-26-15-17;1-4(2)3-5/h3-7,10-15H,8-9H2,1-2H3,(H,30,31,32,34);3H,1-2H3. The van der Waals surface area contributed by atoms with Gasteiger partial charge in [0.05, 0.1) is 11.4 Å². The van der Waals surface area contributed by atoms with Gasteiger partial charge in [0.15, 0.2) is 5.16 Å². The maximum atomic E-state index is 12.5. The van der Waals surface area contributed by atoms with Crippen molar-refractivity contribution in [3.63, 3.8) is 0 Å². The van der Waals surface area contributed by atoms with Gasteiger partial charge in [0, 0.05) is 51.0 Å². The Bertz CT molecular complexity index is 1610. The van der Waals surface area contributed by atoms with E-state index >= 15 is 0 Å². The SMILES string of the molecule is CN(C)C=O.CSc1nccc(-c2c(-c3cccc(C)n3)nc3nc(NC(=O)CCc4cccnc4)ccn23)n1. The van der Waals surface area contributed by atoms with Gasteiger partial charge in [-0.1, -0.05) is 23.9 Å². The predicted octanol–water partition coefficient (Wildman–Crippen LogP) is 3.95. The molecular formula is C28H29N9O2S. The Balaban J connectivity index is 0.000000681. The van der Waals surface area contributed by atoms with E-state index < -0.39 is 0 Å². The number of nitrogens with zero attached hydrogens (tertiary/aromatic N) is 8. The zero-order chi connectivity index (χ0) is 28.5. The van der Waals surface area contributed by atoms with E-state index in [-0.39, 0.29) is 5.91 Å². The lowest BCUT2D eigenvalue weighted by molar-refractivity contribution is -0.116. The molecule has 40 heavy (non-hydrogen) atoms. The number of aromatic nitrogens is 7. The summed E-state index contributed by atoms with van der Waals surface area (Å²) in [5, 5.41) is 3.53. The van der Waals surface area contributed by atoms with Gasteiger partial charge in [-0.15, -0.1) is 0 Å². The van der Waals surface area contributed by atoms with Crippen LogP contribution in [0.15, 0.2) is 72.4 Å². The highest BCUT2D eigenvalue weighted by Gasteiger charge is 2.20. The molecular weight excluding hydrogens is 526 g/mol. The zero-order valence-electron chi connectivity index (χ0n) is 22.6. The van der Waals surface area contributed by atoms with Gasteiger partial charge in [-0.3, -0.25) is 24.0 Å². The molecule has 0 aliphatic heterocycles. The molecule has 5 rings (SSSR count). The molecule has 0 saturated heterocycles. The fourth-order valence-electron chi connectivity index (χ4n) is 3.68. The number of carbonyl (C=O) groups excluding carboxylic acids is 2. The van der Waals surface area contributed by atoms with Crippen molar-refractivity contribution in [2.45, 2.75) is 24.9 Å². The highest BCUT2D eigenvalue weighted by atomic mass is 32.2. The number of imidazole rings is 1. The van der Waals surface area contributed by atoms with E-state index in [9.17, 15) is 9.59 Å². The Labute approximate surface area is 236 Å². The normalized spacial score (nSPS) is 10.5. The highest BCUT2D eigenvalue weighted by Crippen LogP contribution is 2.31. The van der Waals surface area contributed by atoms with Crippen LogP contribution in [0.4, 0.5) is 5.82 Å². The number of fused-ring (bicyclic) bond motifs is 1. The number of nitrogens with one attached hydrogen (secondary N) is 1. The molecule has 5 heterocycles. The largest absolute Gasteiger partial charge is 0.351 e. The van der Waals surface area contributed by atoms with Crippen LogP contribution in [0.2, 0.25) is 0 Å². The molecule has 0 fully saturated rings. The maximum absolute atomic E-state index is 12.5. The molecule has 0 unspecified atom stereocenters. The van der Waals surface area contributed by atoms with Crippen LogP contribution < -0.4 is 5.32 Å².